The second-order valence-electron chi connectivity index (χ2n) is 6.72. The largest absolute Gasteiger partial charge is 0.493 e. The highest BCUT2D eigenvalue weighted by Gasteiger charge is 2.23. The SMILES string of the molecule is CN=C(NCCCC(=O)N1CCc2ccccc21)Nc1ccc(OC)c(OC)c1. The molecule has 2 aromatic carbocycles. The Kier molecular flexibility index (Phi) is 6.94. The Balaban J connectivity index is 1.46. The van der Waals surface area contributed by atoms with E-state index in [-0.39, 0.29) is 5.91 Å². The van der Waals surface area contributed by atoms with Crippen molar-refractivity contribution in [3.8, 4) is 11.5 Å². The molecule has 2 N–H and O–H groups in total. The third kappa shape index (κ3) is 4.99. The lowest BCUT2D eigenvalue weighted by atomic mass is 10.2. The predicted octanol–water partition coefficient (Wildman–Crippen LogP) is 3.06. The number of aliphatic imine (C=N–C) groups is 1. The molecule has 0 saturated carbocycles. The first kappa shape index (κ1) is 20.5. The maximum atomic E-state index is 12.6. The average Bonchev–Trinajstić information content (AvgIpc) is 3.19. The number of guanidine groups is 1. The van der Waals surface area contributed by atoms with Crippen LogP contribution in [0.1, 0.15) is 18.4 Å². The van der Waals surface area contributed by atoms with E-state index >= 15 is 0 Å². The molecule has 0 aromatic heterocycles. The van der Waals surface area contributed by atoms with Crippen molar-refractivity contribution < 1.29 is 14.3 Å². The van der Waals surface area contributed by atoms with E-state index in [0.717, 1.165) is 30.8 Å². The van der Waals surface area contributed by atoms with Gasteiger partial charge in [0, 0.05) is 44.0 Å². The first-order valence-electron chi connectivity index (χ1n) is 9.74. The minimum Gasteiger partial charge on any atom is -0.493 e. The van der Waals surface area contributed by atoms with Crippen molar-refractivity contribution in [1.29, 1.82) is 0 Å². The highest BCUT2D eigenvalue weighted by Crippen LogP contribution is 2.30. The summed E-state index contributed by atoms with van der Waals surface area (Å²) in [6, 6.07) is 13.7. The third-order valence-electron chi connectivity index (χ3n) is 4.92. The van der Waals surface area contributed by atoms with Crippen LogP contribution in [-0.4, -0.2) is 46.2 Å². The Morgan fingerprint density at radius 3 is 2.69 bits per heavy atom. The van der Waals surface area contributed by atoms with Crippen LogP contribution in [0.15, 0.2) is 47.5 Å². The van der Waals surface area contributed by atoms with Crippen LogP contribution in [0.5, 0.6) is 11.5 Å². The summed E-state index contributed by atoms with van der Waals surface area (Å²) in [5.74, 6) is 2.11. The molecular formula is C22H28N4O3. The number of para-hydroxylation sites is 1. The van der Waals surface area contributed by atoms with Gasteiger partial charge in [0.05, 0.1) is 14.2 Å². The molecular weight excluding hydrogens is 368 g/mol. The lowest BCUT2D eigenvalue weighted by Crippen LogP contribution is -2.33. The monoisotopic (exact) mass is 396 g/mol. The number of nitrogens with one attached hydrogen (secondary N) is 2. The fourth-order valence-electron chi connectivity index (χ4n) is 3.41. The molecule has 29 heavy (non-hydrogen) atoms. The van der Waals surface area contributed by atoms with Gasteiger partial charge in [-0.3, -0.25) is 9.79 Å². The third-order valence-corrected chi connectivity index (χ3v) is 4.92. The van der Waals surface area contributed by atoms with Crippen molar-refractivity contribution in [3.63, 3.8) is 0 Å². The molecule has 0 bridgehead atoms. The van der Waals surface area contributed by atoms with Crippen molar-refractivity contribution in [2.24, 2.45) is 4.99 Å². The van der Waals surface area contributed by atoms with Gasteiger partial charge in [-0.1, -0.05) is 18.2 Å². The molecule has 1 heterocycles. The van der Waals surface area contributed by atoms with E-state index in [1.807, 2.05) is 41.3 Å². The lowest BCUT2D eigenvalue weighted by molar-refractivity contribution is -0.118. The molecule has 1 aliphatic rings. The summed E-state index contributed by atoms with van der Waals surface area (Å²) in [5.41, 5.74) is 3.13. The van der Waals surface area contributed by atoms with Gasteiger partial charge in [-0.15, -0.1) is 0 Å². The highest BCUT2D eigenvalue weighted by molar-refractivity contribution is 5.96. The Morgan fingerprint density at radius 1 is 1.14 bits per heavy atom. The minimum atomic E-state index is 0.166. The van der Waals surface area contributed by atoms with E-state index in [0.29, 0.717) is 30.4 Å². The smallest absolute Gasteiger partial charge is 0.227 e. The molecule has 0 atom stereocenters. The standard InChI is InChI=1S/C22H28N4O3/c1-23-22(25-17-10-11-19(28-2)20(15-17)29-3)24-13-6-9-21(27)26-14-12-16-7-4-5-8-18(16)26/h4-5,7-8,10-11,15H,6,9,12-14H2,1-3H3,(H2,23,24,25). The number of methoxy groups -OCH3 is 2. The van der Waals surface area contributed by atoms with E-state index < -0.39 is 0 Å². The maximum absolute atomic E-state index is 12.6. The number of carbonyl (C=O) groups excluding carboxylic acids is 1. The van der Waals surface area contributed by atoms with Crippen molar-refractivity contribution in [2.75, 3.05) is 44.6 Å². The summed E-state index contributed by atoms with van der Waals surface area (Å²) >= 11 is 0. The topological polar surface area (TPSA) is 75.2 Å². The van der Waals surface area contributed by atoms with Crippen molar-refractivity contribution in [3.05, 3.63) is 48.0 Å². The normalized spacial score (nSPS) is 13.1. The number of rotatable bonds is 7. The number of benzene rings is 2. The number of hydrogen-bond acceptors (Lipinski definition) is 4. The molecule has 1 amide bonds. The quantitative estimate of drug-likeness (QED) is 0.427. The van der Waals surface area contributed by atoms with Crippen LogP contribution in [0.3, 0.4) is 0 Å². The molecule has 7 heteroatoms. The molecule has 2 aromatic rings. The molecule has 0 fully saturated rings. The van der Waals surface area contributed by atoms with Crippen molar-refractivity contribution in [2.45, 2.75) is 19.3 Å². The molecule has 0 unspecified atom stereocenters. The van der Waals surface area contributed by atoms with Crippen LogP contribution in [0.2, 0.25) is 0 Å². The summed E-state index contributed by atoms with van der Waals surface area (Å²) in [7, 11) is 4.92. The lowest BCUT2D eigenvalue weighted by Gasteiger charge is -2.18. The average molecular weight is 396 g/mol. The van der Waals surface area contributed by atoms with Gasteiger partial charge in [0.1, 0.15) is 0 Å². The van der Waals surface area contributed by atoms with Crippen LogP contribution in [0.4, 0.5) is 11.4 Å². The number of anilines is 2. The number of fused-ring (bicyclic) bond motifs is 1. The van der Waals surface area contributed by atoms with Crippen LogP contribution in [-0.2, 0) is 11.2 Å². The first-order valence-corrected chi connectivity index (χ1v) is 9.74. The fraction of sp³-hybridized carbons (Fsp3) is 0.364. The zero-order chi connectivity index (χ0) is 20.6. The summed E-state index contributed by atoms with van der Waals surface area (Å²) in [4.78, 5) is 18.7. The second-order valence-corrected chi connectivity index (χ2v) is 6.72. The van der Waals surface area contributed by atoms with Gasteiger partial charge in [0.15, 0.2) is 17.5 Å². The van der Waals surface area contributed by atoms with E-state index in [2.05, 4.69) is 21.7 Å². The van der Waals surface area contributed by atoms with Gasteiger partial charge in [-0.25, -0.2) is 0 Å². The zero-order valence-electron chi connectivity index (χ0n) is 17.2. The molecule has 154 valence electrons. The molecule has 0 spiro atoms. The Hall–Kier alpha value is -3.22. The molecule has 1 aliphatic heterocycles. The fourth-order valence-corrected chi connectivity index (χ4v) is 3.41. The van der Waals surface area contributed by atoms with Gasteiger partial charge in [-0.05, 0) is 36.6 Å². The van der Waals surface area contributed by atoms with Gasteiger partial charge >= 0.3 is 0 Å². The number of ether oxygens (including phenoxy) is 2. The molecule has 0 radical (unpaired) electrons. The van der Waals surface area contributed by atoms with Gasteiger partial charge < -0.3 is 25.0 Å². The Morgan fingerprint density at radius 2 is 1.93 bits per heavy atom. The highest BCUT2D eigenvalue weighted by atomic mass is 16.5. The summed E-state index contributed by atoms with van der Waals surface area (Å²) in [5, 5.41) is 6.46. The number of nitrogens with zero attached hydrogens (tertiary/aromatic N) is 2. The predicted molar refractivity (Wildman–Crippen MR) is 116 cm³/mol. The Bertz CT molecular complexity index is 882. The van der Waals surface area contributed by atoms with E-state index in [1.165, 1.54) is 5.56 Å². The maximum Gasteiger partial charge on any atom is 0.227 e. The van der Waals surface area contributed by atoms with Gasteiger partial charge in [0.25, 0.3) is 0 Å². The van der Waals surface area contributed by atoms with Crippen LogP contribution in [0.25, 0.3) is 0 Å². The number of hydrogen-bond donors (Lipinski definition) is 2. The van der Waals surface area contributed by atoms with Crippen molar-refractivity contribution in [1.82, 2.24) is 5.32 Å². The van der Waals surface area contributed by atoms with Crippen LogP contribution >= 0.6 is 0 Å². The number of carbonyl (C=O) groups is 1. The van der Waals surface area contributed by atoms with Crippen molar-refractivity contribution >= 4 is 23.2 Å². The minimum absolute atomic E-state index is 0.166. The van der Waals surface area contributed by atoms with Gasteiger partial charge in [0.2, 0.25) is 5.91 Å². The summed E-state index contributed by atoms with van der Waals surface area (Å²) in [6.07, 6.45) is 2.15. The van der Waals surface area contributed by atoms with Crippen LogP contribution in [0, 0.1) is 0 Å². The summed E-state index contributed by atoms with van der Waals surface area (Å²) < 4.78 is 10.6. The molecule has 3 rings (SSSR count). The summed E-state index contributed by atoms with van der Waals surface area (Å²) in [6.45, 7) is 1.42. The molecule has 0 saturated heterocycles. The van der Waals surface area contributed by atoms with Crippen LogP contribution < -0.4 is 25.0 Å². The van der Waals surface area contributed by atoms with Gasteiger partial charge in [-0.2, -0.15) is 0 Å². The molecule has 0 aliphatic carbocycles. The second kappa shape index (κ2) is 9.82. The van der Waals surface area contributed by atoms with E-state index in [1.54, 1.807) is 21.3 Å². The zero-order valence-corrected chi connectivity index (χ0v) is 17.2. The Labute approximate surface area is 171 Å². The van der Waals surface area contributed by atoms with E-state index in [4.69, 9.17) is 9.47 Å². The van der Waals surface area contributed by atoms with E-state index in [9.17, 15) is 4.79 Å². The first-order chi connectivity index (χ1) is 14.2. The molecule has 7 nitrogen and oxygen atoms in total. The number of amides is 1.